The Morgan fingerprint density at radius 2 is 2.28 bits per heavy atom. The Hall–Kier alpha value is -1.29. The SMILES string of the molecule is O=C(c1ccco1)N1CCCCC1C1CCCN1. The molecular formula is C14H20N2O2. The van der Waals surface area contributed by atoms with Crippen molar-refractivity contribution < 1.29 is 9.21 Å². The Labute approximate surface area is 107 Å². The van der Waals surface area contributed by atoms with Crippen LogP contribution < -0.4 is 5.32 Å². The number of furan rings is 1. The summed E-state index contributed by atoms with van der Waals surface area (Å²) in [5.41, 5.74) is 0. The molecule has 3 rings (SSSR count). The normalized spacial score (nSPS) is 28.6. The first-order valence-corrected chi connectivity index (χ1v) is 6.94. The number of rotatable bonds is 2. The van der Waals surface area contributed by atoms with Crippen molar-refractivity contribution in [3.05, 3.63) is 24.2 Å². The first-order valence-electron chi connectivity index (χ1n) is 6.94. The predicted molar refractivity (Wildman–Crippen MR) is 68.4 cm³/mol. The summed E-state index contributed by atoms with van der Waals surface area (Å²) in [6.07, 6.45) is 7.43. The molecule has 2 unspecified atom stereocenters. The maximum Gasteiger partial charge on any atom is 0.289 e. The fourth-order valence-corrected chi connectivity index (χ4v) is 3.21. The first-order chi connectivity index (χ1) is 8.86. The van der Waals surface area contributed by atoms with Gasteiger partial charge in [-0.3, -0.25) is 4.79 Å². The van der Waals surface area contributed by atoms with Crippen LogP contribution in [0.2, 0.25) is 0 Å². The maximum absolute atomic E-state index is 12.4. The molecule has 0 spiro atoms. The average molecular weight is 248 g/mol. The van der Waals surface area contributed by atoms with Crippen LogP contribution in [-0.4, -0.2) is 36.0 Å². The minimum absolute atomic E-state index is 0.0541. The molecule has 4 heteroatoms. The topological polar surface area (TPSA) is 45.5 Å². The lowest BCUT2D eigenvalue weighted by molar-refractivity contribution is 0.0531. The van der Waals surface area contributed by atoms with Crippen LogP contribution in [-0.2, 0) is 0 Å². The molecule has 1 amide bonds. The lowest BCUT2D eigenvalue weighted by atomic mass is 9.94. The van der Waals surface area contributed by atoms with Gasteiger partial charge in [-0.05, 0) is 50.8 Å². The lowest BCUT2D eigenvalue weighted by Gasteiger charge is -2.38. The molecule has 2 aliphatic rings. The molecule has 0 bridgehead atoms. The number of likely N-dealkylation sites (tertiary alicyclic amines) is 1. The van der Waals surface area contributed by atoms with Crippen molar-refractivity contribution in [3.8, 4) is 0 Å². The molecule has 18 heavy (non-hydrogen) atoms. The number of nitrogens with zero attached hydrogens (tertiary/aromatic N) is 1. The van der Waals surface area contributed by atoms with Crippen LogP contribution in [0.25, 0.3) is 0 Å². The highest BCUT2D eigenvalue weighted by atomic mass is 16.3. The van der Waals surface area contributed by atoms with Gasteiger partial charge in [-0.15, -0.1) is 0 Å². The van der Waals surface area contributed by atoms with E-state index in [1.54, 1.807) is 18.4 Å². The molecule has 1 N–H and O–H groups in total. The van der Waals surface area contributed by atoms with Gasteiger partial charge in [-0.2, -0.15) is 0 Å². The molecule has 2 saturated heterocycles. The van der Waals surface area contributed by atoms with E-state index in [1.165, 1.54) is 19.3 Å². The Kier molecular flexibility index (Phi) is 3.37. The van der Waals surface area contributed by atoms with Gasteiger partial charge in [0.2, 0.25) is 0 Å². The molecule has 0 radical (unpaired) electrons. The van der Waals surface area contributed by atoms with Gasteiger partial charge >= 0.3 is 0 Å². The largest absolute Gasteiger partial charge is 0.459 e. The second kappa shape index (κ2) is 5.14. The van der Waals surface area contributed by atoms with Crippen LogP contribution in [0.5, 0.6) is 0 Å². The molecule has 0 saturated carbocycles. The Morgan fingerprint density at radius 1 is 1.33 bits per heavy atom. The zero-order valence-electron chi connectivity index (χ0n) is 10.6. The van der Waals surface area contributed by atoms with Crippen LogP contribution >= 0.6 is 0 Å². The number of carbonyl (C=O) groups is 1. The predicted octanol–water partition coefficient (Wildman–Crippen LogP) is 2.03. The fourth-order valence-electron chi connectivity index (χ4n) is 3.21. The van der Waals surface area contributed by atoms with Crippen LogP contribution in [0.3, 0.4) is 0 Å². The number of hydrogen-bond acceptors (Lipinski definition) is 3. The molecule has 2 atom stereocenters. The average Bonchev–Trinajstić information content (AvgIpc) is 3.11. The van der Waals surface area contributed by atoms with E-state index in [0.29, 0.717) is 17.8 Å². The Balaban J connectivity index is 1.76. The lowest BCUT2D eigenvalue weighted by Crippen LogP contribution is -2.52. The highest BCUT2D eigenvalue weighted by Gasteiger charge is 2.35. The van der Waals surface area contributed by atoms with E-state index in [0.717, 1.165) is 25.9 Å². The van der Waals surface area contributed by atoms with E-state index < -0.39 is 0 Å². The monoisotopic (exact) mass is 248 g/mol. The fraction of sp³-hybridized carbons (Fsp3) is 0.643. The summed E-state index contributed by atoms with van der Waals surface area (Å²) in [6.45, 7) is 1.95. The highest BCUT2D eigenvalue weighted by Crippen LogP contribution is 2.25. The zero-order chi connectivity index (χ0) is 12.4. The van der Waals surface area contributed by atoms with Crippen LogP contribution in [0, 0.1) is 0 Å². The van der Waals surface area contributed by atoms with Crippen molar-refractivity contribution in [3.63, 3.8) is 0 Å². The molecule has 2 aliphatic heterocycles. The zero-order valence-corrected chi connectivity index (χ0v) is 10.6. The number of nitrogens with one attached hydrogen (secondary N) is 1. The number of amides is 1. The minimum atomic E-state index is 0.0541. The molecule has 4 nitrogen and oxygen atoms in total. The van der Waals surface area contributed by atoms with Gasteiger partial charge in [0.15, 0.2) is 5.76 Å². The summed E-state index contributed by atoms with van der Waals surface area (Å²) in [5, 5.41) is 3.53. The minimum Gasteiger partial charge on any atom is -0.459 e. The van der Waals surface area contributed by atoms with Gasteiger partial charge in [0.25, 0.3) is 5.91 Å². The summed E-state index contributed by atoms with van der Waals surface area (Å²) in [7, 11) is 0. The number of carbonyl (C=O) groups excluding carboxylic acids is 1. The molecule has 1 aromatic rings. The smallest absolute Gasteiger partial charge is 0.289 e. The van der Waals surface area contributed by atoms with Crippen molar-refractivity contribution in [1.82, 2.24) is 10.2 Å². The van der Waals surface area contributed by atoms with Crippen LogP contribution in [0.1, 0.15) is 42.7 Å². The van der Waals surface area contributed by atoms with Crippen molar-refractivity contribution in [2.24, 2.45) is 0 Å². The van der Waals surface area contributed by atoms with Gasteiger partial charge in [0.1, 0.15) is 0 Å². The third kappa shape index (κ3) is 2.17. The van der Waals surface area contributed by atoms with Crippen molar-refractivity contribution in [2.45, 2.75) is 44.2 Å². The summed E-state index contributed by atoms with van der Waals surface area (Å²) in [5.74, 6) is 0.526. The second-order valence-electron chi connectivity index (χ2n) is 5.24. The van der Waals surface area contributed by atoms with E-state index in [2.05, 4.69) is 5.32 Å². The molecule has 0 aliphatic carbocycles. The van der Waals surface area contributed by atoms with Gasteiger partial charge in [-0.1, -0.05) is 0 Å². The second-order valence-corrected chi connectivity index (χ2v) is 5.24. The summed E-state index contributed by atoms with van der Waals surface area (Å²) in [6, 6.07) is 4.36. The molecule has 98 valence electrons. The standard InChI is InChI=1S/C14H20N2O2/c17-14(13-7-4-10-18-13)16-9-2-1-6-12(16)11-5-3-8-15-11/h4,7,10-12,15H,1-3,5-6,8-9H2. The highest BCUT2D eigenvalue weighted by molar-refractivity contribution is 5.91. The Bertz CT molecular complexity index is 396. The van der Waals surface area contributed by atoms with Gasteiger partial charge < -0.3 is 14.6 Å². The third-order valence-electron chi connectivity index (χ3n) is 4.10. The van der Waals surface area contributed by atoms with Crippen LogP contribution in [0.15, 0.2) is 22.8 Å². The molecule has 3 heterocycles. The van der Waals surface area contributed by atoms with E-state index >= 15 is 0 Å². The maximum atomic E-state index is 12.4. The van der Waals surface area contributed by atoms with E-state index in [1.807, 2.05) is 4.90 Å². The number of hydrogen-bond donors (Lipinski definition) is 1. The molecule has 0 aromatic carbocycles. The van der Waals surface area contributed by atoms with Gasteiger partial charge in [0.05, 0.1) is 6.26 Å². The molecule has 2 fully saturated rings. The van der Waals surface area contributed by atoms with E-state index in [9.17, 15) is 4.79 Å². The summed E-state index contributed by atoms with van der Waals surface area (Å²) < 4.78 is 5.25. The van der Waals surface area contributed by atoms with Crippen molar-refractivity contribution >= 4 is 5.91 Å². The quantitative estimate of drug-likeness (QED) is 0.871. The van der Waals surface area contributed by atoms with Crippen LogP contribution in [0.4, 0.5) is 0 Å². The van der Waals surface area contributed by atoms with E-state index in [4.69, 9.17) is 4.42 Å². The Morgan fingerprint density at radius 3 is 3.00 bits per heavy atom. The first kappa shape index (κ1) is 11.8. The molecular weight excluding hydrogens is 228 g/mol. The third-order valence-corrected chi connectivity index (χ3v) is 4.10. The van der Waals surface area contributed by atoms with Gasteiger partial charge in [-0.25, -0.2) is 0 Å². The van der Waals surface area contributed by atoms with Crippen molar-refractivity contribution in [2.75, 3.05) is 13.1 Å². The van der Waals surface area contributed by atoms with Crippen molar-refractivity contribution in [1.29, 1.82) is 0 Å². The van der Waals surface area contributed by atoms with E-state index in [-0.39, 0.29) is 5.91 Å². The number of piperidine rings is 1. The van der Waals surface area contributed by atoms with Gasteiger partial charge in [0, 0.05) is 18.6 Å². The summed E-state index contributed by atoms with van der Waals surface area (Å²) in [4.78, 5) is 14.5. The summed E-state index contributed by atoms with van der Waals surface area (Å²) >= 11 is 0. The molecule has 1 aromatic heterocycles.